The lowest BCUT2D eigenvalue weighted by molar-refractivity contribution is 0.0751. The van der Waals surface area contributed by atoms with E-state index < -0.39 is 0 Å². The minimum Gasteiger partial charge on any atom is -0.337 e. The van der Waals surface area contributed by atoms with Crippen LogP contribution in [0.15, 0.2) is 73.1 Å². The molecule has 0 atom stereocenters. The quantitative estimate of drug-likeness (QED) is 0.594. The SMILES string of the molecule is CCN(Cc1ccccc1)C(=O)c1cnc(N(CC)Cc2ccccc2)nc1. The molecule has 0 bridgehead atoms. The molecule has 144 valence electrons. The summed E-state index contributed by atoms with van der Waals surface area (Å²) in [5.41, 5.74) is 2.82. The molecule has 0 aliphatic carbocycles. The third-order valence-corrected chi connectivity index (χ3v) is 4.65. The van der Waals surface area contributed by atoms with Gasteiger partial charge in [0.1, 0.15) is 0 Å². The first-order valence-corrected chi connectivity index (χ1v) is 9.65. The van der Waals surface area contributed by atoms with E-state index in [2.05, 4.69) is 33.9 Å². The molecule has 28 heavy (non-hydrogen) atoms. The van der Waals surface area contributed by atoms with Crippen molar-refractivity contribution in [2.45, 2.75) is 26.9 Å². The monoisotopic (exact) mass is 374 g/mol. The zero-order valence-corrected chi connectivity index (χ0v) is 16.5. The van der Waals surface area contributed by atoms with Gasteiger partial charge in [0.15, 0.2) is 0 Å². The van der Waals surface area contributed by atoms with Gasteiger partial charge >= 0.3 is 0 Å². The van der Waals surface area contributed by atoms with E-state index in [1.165, 1.54) is 5.56 Å². The molecule has 3 aromatic rings. The molecule has 0 spiro atoms. The molecule has 1 aromatic heterocycles. The molecule has 2 aromatic carbocycles. The van der Waals surface area contributed by atoms with Crippen molar-refractivity contribution in [1.82, 2.24) is 14.9 Å². The zero-order valence-electron chi connectivity index (χ0n) is 16.5. The highest BCUT2D eigenvalue weighted by Gasteiger charge is 2.16. The molecular weight excluding hydrogens is 348 g/mol. The van der Waals surface area contributed by atoms with Crippen LogP contribution < -0.4 is 4.90 Å². The summed E-state index contributed by atoms with van der Waals surface area (Å²) in [4.78, 5) is 25.7. The number of amides is 1. The predicted molar refractivity (Wildman–Crippen MR) is 112 cm³/mol. The predicted octanol–water partition coefficient (Wildman–Crippen LogP) is 4.17. The second-order valence-electron chi connectivity index (χ2n) is 6.58. The molecule has 0 fully saturated rings. The summed E-state index contributed by atoms with van der Waals surface area (Å²) in [6.07, 6.45) is 3.26. The van der Waals surface area contributed by atoms with Gasteiger partial charge in [-0.2, -0.15) is 0 Å². The summed E-state index contributed by atoms with van der Waals surface area (Å²) in [6.45, 7) is 6.79. The van der Waals surface area contributed by atoms with E-state index in [4.69, 9.17) is 0 Å². The molecule has 1 heterocycles. The summed E-state index contributed by atoms with van der Waals surface area (Å²) in [7, 11) is 0. The highest BCUT2D eigenvalue weighted by atomic mass is 16.2. The Kier molecular flexibility index (Phi) is 6.73. The van der Waals surface area contributed by atoms with Gasteiger partial charge in [0, 0.05) is 38.6 Å². The van der Waals surface area contributed by atoms with Crippen LogP contribution in [0.25, 0.3) is 0 Å². The maximum Gasteiger partial charge on any atom is 0.257 e. The molecule has 0 saturated heterocycles. The van der Waals surface area contributed by atoms with Crippen LogP contribution >= 0.6 is 0 Å². The molecule has 1 amide bonds. The topological polar surface area (TPSA) is 49.3 Å². The largest absolute Gasteiger partial charge is 0.337 e. The first kappa shape index (κ1) is 19.5. The van der Waals surface area contributed by atoms with Gasteiger partial charge in [0.2, 0.25) is 5.95 Å². The van der Waals surface area contributed by atoms with Crippen LogP contribution in [0.1, 0.15) is 35.3 Å². The van der Waals surface area contributed by atoms with Gasteiger partial charge in [-0.15, -0.1) is 0 Å². The van der Waals surface area contributed by atoms with E-state index in [1.54, 1.807) is 17.3 Å². The normalized spacial score (nSPS) is 10.5. The molecule has 0 unspecified atom stereocenters. The average Bonchev–Trinajstić information content (AvgIpc) is 2.77. The van der Waals surface area contributed by atoms with Crippen LogP contribution in [0.4, 0.5) is 5.95 Å². The number of hydrogen-bond donors (Lipinski definition) is 0. The Bertz CT molecular complexity index is 866. The summed E-state index contributed by atoms with van der Waals surface area (Å²) < 4.78 is 0. The van der Waals surface area contributed by atoms with Gasteiger partial charge in [-0.05, 0) is 25.0 Å². The van der Waals surface area contributed by atoms with Gasteiger partial charge in [-0.3, -0.25) is 4.79 Å². The Labute approximate surface area is 166 Å². The Morgan fingerprint density at radius 2 is 1.32 bits per heavy atom. The summed E-state index contributed by atoms with van der Waals surface area (Å²) in [5.74, 6) is 0.582. The van der Waals surface area contributed by atoms with Crippen LogP contribution in [0.2, 0.25) is 0 Å². The second-order valence-corrected chi connectivity index (χ2v) is 6.58. The Morgan fingerprint density at radius 3 is 1.82 bits per heavy atom. The molecule has 0 radical (unpaired) electrons. The number of carbonyl (C=O) groups is 1. The highest BCUT2D eigenvalue weighted by molar-refractivity contribution is 5.93. The highest BCUT2D eigenvalue weighted by Crippen LogP contribution is 2.14. The van der Waals surface area contributed by atoms with E-state index in [0.717, 1.165) is 18.7 Å². The van der Waals surface area contributed by atoms with Crippen molar-refractivity contribution in [2.75, 3.05) is 18.0 Å². The van der Waals surface area contributed by atoms with Crippen LogP contribution in [0.3, 0.4) is 0 Å². The number of hydrogen-bond acceptors (Lipinski definition) is 4. The van der Waals surface area contributed by atoms with Gasteiger partial charge < -0.3 is 9.80 Å². The van der Waals surface area contributed by atoms with Gasteiger partial charge in [-0.1, -0.05) is 60.7 Å². The molecule has 3 rings (SSSR count). The molecule has 5 heteroatoms. The first-order valence-electron chi connectivity index (χ1n) is 9.65. The third kappa shape index (κ3) is 4.94. The maximum atomic E-state index is 12.9. The van der Waals surface area contributed by atoms with Crippen molar-refractivity contribution < 1.29 is 4.79 Å². The van der Waals surface area contributed by atoms with E-state index in [1.807, 2.05) is 55.5 Å². The van der Waals surface area contributed by atoms with Gasteiger partial charge in [0.05, 0.1) is 5.56 Å². The fourth-order valence-electron chi connectivity index (χ4n) is 3.04. The van der Waals surface area contributed by atoms with Crippen LogP contribution in [0.5, 0.6) is 0 Å². The van der Waals surface area contributed by atoms with Crippen molar-refractivity contribution in [1.29, 1.82) is 0 Å². The standard InChI is InChI=1S/C23H26N4O/c1-3-26(17-19-11-7-5-8-12-19)22(28)21-15-24-23(25-16-21)27(4-2)18-20-13-9-6-10-14-20/h5-16H,3-4,17-18H2,1-2H3. The van der Waals surface area contributed by atoms with Crippen LogP contribution in [-0.4, -0.2) is 33.9 Å². The lowest BCUT2D eigenvalue weighted by Crippen LogP contribution is -2.31. The van der Waals surface area contributed by atoms with Crippen molar-refractivity contribution in [3.63, 3.8) is 0 Å². The first-order chi connectivity index (χ1) is 13.7. The van der Waals surface area contributed by atoms with E-state index in [9.17, 15) is 4.79 Å². The van der Waals surface area contributed by atoms with Crippen molar-refractivity contribution in [2.24, 2.45) is 0 Å². The van der Waals surface area contributed by atoms with E-state index >= 15 is 0 Å². The van der Waals surface area contributed by atoms with Gasteiger partial charge in [0.25, 0.3) is 5.91 Å². The minimum atomic E-state index is -0.0518. The summed E-state index contributed by atoms with van der Waals surface area (Å²) >= 11 is 0. The summed E-state index contributed by atoms with van der Waals surface area (Å²) in [5, 5.41) is 0. The Hall–Kier alpha value is -3.21. The van der Waals surface area contributed by atoms with Crippen molar-refractivity contribution in [3.05, 3.63) is 89.7 Å². The zero-order chi connectivity index (χ0) is 19.8. The smallest absolute Gasteiger partial charge is 0.257 e. The molecular formula is C23H26N4O. The molecule has 0 N–H and O–H groups in total. The number of carbonyl (C=O) groups excluding carboxylic acids is 1. The van der Waals surface area contributed by atoms with E-state index in [0.29, 0.717) is 24.6 Å². The fourth-order valence-corrected chi connectivity index (χ4v) is 3.04. The van der Waals surface area contributed by atoms with Crippen molar-refractivity contribution in [3.8, 4) is 0 Å². The number of benzene rings is 2. The number of aromatic nitrogens is 2. The second kappa shape index (κ2) is 9.65. The summed E-state index contributed by atoms with van der Waals surface area (Å²) in [6, 6.07) is 20.2. The number of nitrogens with zero attached hydrogens (tertiary/aromatic N) is 4. The van der Waals surface area contributed by atoms with E-state index in [-0.39, 0.29) is 5.91 Å². The van der Waals surface area contributed by atoms with Gasteiger partial charge in [-0.25, -0.2) is 9.97 Å². The van der Waals surface area contributed by atoms with Crippen molar-refractivity contribution >= 4 is 11.9 Å². The number of rotatable bonds is 8. The molecule has 0 aliphatic heterocycles. The Balaban J connectivity index is 1.70. The third-order valence-electron chi connectivity index (χ3n) is 4.65. The average molecular weight is 374 g/mol. The molecule has 0 saturated carbocycles. The molecule has 0 aliphatic rings. The number of anilines is 1. The Morgan fingerprint density at radius 1 is 0.786 bits per heavy atom. The molecule has 5 nitrogen and oxygen atoms in total. The van der Waals surface area contributed by atoms with Crippen LogP contribution in [0, 0.1) is 0 Å². The maximum absolute atomic E-state index is 12.9. The minimum absolute atomic E-state index is 0.0518. The lowest BCUT2D eigenvalue weighted by atomic mass is 10.2. The lowest BCUT2D eigenvalue weighted by Gasteiger charge is -2.22. The van der Waals surface area contributed by atoms with Crippen LogP contribution in [-0.2, 0) is 13.1 Å². The fraction of sp³-hybridized carbons (Fsp3) is 0.261.